The van der Waals surface area contributed by atoms with Gasteiger partial charge >= 0.3 is 5.97 Å². The van der Waals surface area contributed by atoms with Crippen molar-refractivity contribution in [2.45, 2.75) is 20.8 Å². The van der Waals surface area contributed by atoms with E-state index in [0.29, 0.717) is 25.5 Å². The number of anilines is 1. The van der Waals surface area contributed by atoms with E-state index in [2.05, 4.69) is 15.5 Å². The zero-order chi connectivity index (χ0) is 15.1. The Bertz CT molecular complexity index is 461. The van der Waals surface area contributed by atoms with Crippen LogP contribution in [0.2, 0.25) is 0 Å². The number of hydrogen-bond donors (Lipinski definition) is 2. The molecule has 0 radical (unpaired) electrons. The van der Waals surface area contributed by atoms with E-state index < -0.39 is 11.9 Å². The molecule has 0 fully saturated rings. The molecule has 0 aliphatic heterocycles. The predicted molar refractivity (Wildman–Crippen MR) is 74.7 cm³/mol. The summed E-state index contributed by atoms with van der Waals surface area (Å²) < 4.78 is 0. The third-order valence-corrected chi connectivity index (χ3v) is 2.84. The first-order valence-electron chi connectivity index (χ1n) is 6.59. The van der Waals surface area contributed by atoms with Gasteiger partial charge in [0.15, 0.2) is 11.5 Å². The number of carbonyl (C=O) groups is 2. The second-order valence-corrected chi connectivity index (χ2v) is 4.41. The Balaban J connectivity index is 2.79. The predicted octanol–water partition coefficient (Wildman–Crippen LogP) is 0.773. The number of nitrogens with one attached hydrogen (secondary N) is 1. The van der Waals surface area contributed by atoms with E-state index >= 15 is 0 Å². The fourth-order valence-electron chi connectivity index (χ4n) is 1.66. The van der Waals surface area contributed by atoms with Crippen LogP contribution in [0.1, 0.15) is 31.3 Å². The Hall–Kier alpha value is -2.18. The van der Waals surface area contributed by atoms with Gasteiger partial charge < -0.3 is 15.3 Å². The van der Waals surface area contributed by atoms with Gasteiger partial charge in [0.1, 0.15) is 0 Å². The maximum absolute atomic E-state index is 11.6. The van der Waals surface area contributed by atoms with Crippen molar-refractivity contribution in [2.24, 2.45) is 5.92 Å². The summed E-state index contributed by atoms with van der Waals surface area (Å²) >= 11 is 0. The largest absolute Gasteiger partial charge is 0.481 e. The molecule has 0 spiro atoms. The number of rotatable bonds is 7. The first-order valence-corrected chi connectivity index (χ1v) is 6.59. The smallest absolute Gasteiger partial charge is 0.308 e. The number of amides is 1. The van der Waals surface area contributed by atoms with Crippen molar-refractivity contribution in [3.63, 3.8) is 0 Å². The lowest BCUT2D eigenvalue weighted by Crippen LogP contribution is -2.32. The van der Waals surface area contributed by atoms with Crippen LogP contribution >= 0.6 is 0 Å². The molecule has 1 rings (SSSR count). The van der Waals surface area contributed by atoms with Gasteiger partial charge in [-0.25, -0.2) is 0 Å². The van der Waals surface area contributed by atoms with E-state index in [4.69, 9.17) is 5.11 Å². The standard InChI is InChI=1S/C13H20N4O3/c1-4-14-12(18)10-6-7-11(16-15-10)17(5-2)8-9(3)13(19)20/h6-7,9H,4-5,8H2,1-3H3,(H,14,18)(H,19,20). The van der Waals surface area contributed by atoms with E-state index in [9.17, 15) is 9.59 Å². The minimum absolute atomic E-state index is 0.248. The van der Waals surface area contributed by atoms with Crippen molar-refractivity contribution in [1.82, 2.24) is 15.5 Å². The Labute approximate surface area is 118 Å². The molecule has 1 unspecified atom stereocenters. The van der Waals surface area contributed by atoms with Gasteiger partial charge in [0.05, 0.1) is 5.92 Å². The summed E-state index contributed by atoms with van der Waals surface area (Å²) in [4.78, 5) is 24.3. The third-order valence-electron chi connectivity index (χ3n) is 2.84. The van der Waals surface area contributed by atoms with Gasteiger partial charge in [-0.3, -0.25) is 9.59 Å². The molecular formula is C13H20N4O3. The Kier molecular flexibility index (Phi) is 5.89. The van der Waals surface area contributed by atoms with Crippen LogP contribution in [0.25, 0.3) is 0 Å². The first-order chi connectivity index (χ1) is 9.49. The van der Waals surface area contributed by atoms with Gasteiger partial charge in [-0.05, 0) is 26.0 Å². The van der Waals surface area contributed by atoms with Crippen LogP contribution in [-0.2, 0) is 4.79 Å². The number of aliphatic carboxylic acids is 1. The van der Waals surface area contributed by atoms with Crippen molar-refractivity contribution in [3.8, 4) is 0 Å². The van der Waals surface area contributed by atoms with Gasteiger partial charge in [-0.2, -0.15) is 0 Å². The topological polar surface area (TPSA) is 95.4 Å². The Morgan fingerprint density at radius 2 is 2.05 bits per heavy atom. The first kappa shape index (κ1) is 15.9. The van der Waals surface area contributed by atoms with Crippen molar-refractivity contribution < 1.29 is 14.7 Å². The van der Waals surface area contributed by atoms with E-state index in [0.717, 1.165) is 0 Å². The molecule has 0 saturated heterocycles. The van der Waals surface area contributed by atoms with Crippen LogP contribution in [0.4, 0.5) is 5.82 Å². The molecular weight excluding hydrogens is 260 g/mol. The summed E-state index contributed by atoms with van der Waals surface area (Å²) in [6.07, 6.45) is 0. The molecule has 0 aliphatic carbocycles. The lowest BCUT2D eigenvalue weighted by atomic mass is 10.1. The molecule has 0 bridgehead atoms. The van der Waals surface area contributed by atoms with Crippen molar-refractivity contribution in [1.29, 1.82) is 0 Å². The molecule has 20 heavy (non-hydrogen) atoms. The highest BCUT2D eigenvalue weighted by Gasteiger charge is 2.17. The number of carboxylic acids is 1. The zero-order valence-electron chi connectivity index (χ0n) is 12.0. The minimum Gasteiger partial charge on any atom is -0.481 e. The number of aromatic nitrogens is 2. The molecule has 1 aromatic heterocycles. The van der Waals surface area contributed by atoms with Gasteiger partial charge in [0.2, 0.25) is 0 Å². The molecule has 0 aliphatic rings. The van der Waals surface area contributed by atoms with Gasteiger partial charge in [-0.1, -0.05) is 6.92 Å². The summed E-state index contributed by atoms with van der Waals surface area (Å²) in [5, 5.41) is 19.4. The van der Waals surface area contributed by atoms with Gasteiger partial charge in [0, 0.05) is 19.6 Å². The van der Waals surface area contributed by atoms with Crippen molar-refractivity contribution >= 4 is 17.7 Å². The van der Waals surface area contributed by atoms with Crippen molar-refractivity contribution in [2.75, 3.05) is 24.5 Å². The fourth-order valence-corrected chi connectivity index (χ4v) is 1.66. The van der Waals surface area contributed by atoms with E-state index in [1.54, 1.807) is 19.1 Å². The molecule has 7 heteroatoms. The minimum atomic E-state index is -0.852. The van der Waals surface area contributed by atoms with Gasteiger partial charge in [-0.15, -0.1) is 10.2 Å². The molecule has 0 saturated carbocycles. The third kappa shape index (κ3) is 4.18. The van der Waals surface area contributed by atoms with Crippen LogP contribution < -0.4 is 10.2 Å². The normalized spacial score (nSPS) is 11.8. The number of carboxylic acid groups (broad SMARTS) is 1. The molecule has 1 heterocycles. The second-order valence-electron chi connectivity index (χ2n) is 4.41. The molecule has 2 N–H and O–H groups in total. The van der Waals surface area contributed by atoms with E-state index in [-0.39, 0.29) is 11.6 Å². The molecule has 0 aromatic carbocycles. The zero-order valence-corrected chi connectivity index (χ0v) is 12.0. The Morgan fingerprint density at radius 1 is 1.35 bits per heavy atom. The fraction of sp³-hybridized carbons (Fsp3) is 0.538. The summed E-state index contributed by atoms with van der Waals surface area (Å²) in [6, 6.07) is 3.26. The van der Waals surface area contributed by atoms with Crippen LogP contribution in [0.5, 0.6) is 0 Å². The molecule has 1 amide bonds. The number of carbonyl (C=O) groups excluding carboxylic acids is 1. The monoisotopic (exact) mass is 280 g/mol. The summed E-state index contributed by atoms with van der Waals surface area (Å²) in [5.74, 6) is -1.06. The highest BCUT2D eigenvalue weighted by molar-refractivity contribution is 5.92. The van der Waals surface area contributed by atoms with E-state index in [1.807, 2.05) is 18.7 Å². The average Bonchev–Trinajstić information content (AvgIpc) is 2.44. The number of hydrogen-bond acceptors (Lipinski definition) is 5. The van der Waals surface area contributed by atoms with Crippen LogP contribution in [0, 0.1) is 5.92 Å². The lowest BCUT2D eigenvalue weighted by molar-refractivity contribution is -0.140. The van der Waals surface area contributed by atoms with Crippen LogP contribution in [0.3, 0.4) is 0 Å². The Morgan fingerprint density at radius 3 is 2.50 bits per heavy atom. The lowest BCUT2D eigenvalue weighted by Gasteiger charge is -2.23. The van der Waals surface area contributed by atoms with Crippen molar-refractivity contribution in [3.05, 3.63) is 17.8 Å². The summed E-state index contributed by atoms with van der Waals surface area (Å²) in [7, 11) is 0. The van der Waals surface area contributed by atoms with Crippen LogP contribution in [0.15, 0.2) is 12.1 Å². The highest BCUT2D eigenvalue weighted by atomic mass is 16.4. The second kappa shape index (κ2) is 7.42. The summed E-state index contributed by atoms with van der Waals surface area (Å²) in [5.41, 5.74) is 0.248. The average molecular weight is 280 g/mol. The quantitative estimate of drug-likeness (QED) is 0.766. The summed E-state index contributed by atoms with van der Waals surface area (Å²) in [6.45, 7) is 6.87. The highest BCUT2D eigenvalue weighted by Crippen LogP contribution is 2.12. The molecule has 1 aromatic rings. The van der Waals surface area contributed by atoms with E-state index in [1.165, 1.54) is 0 Å². The number of nitrogens with zero attached hydrogens (tertiary/aromatic N) is 3. The molecule has 7 nitrogen and oxygen atoms in total. The SMILES string of the molecule is CCNC(=O)c1ccc(N(CC)CC(C)C(=O)O)nn1. The molecule has 1 atom stereocenters. The van der Waals surface area contributed by atoms with Gasteiger partial charge in [0.25, 0.3) is 5.91 Å². The van der Waals surface area contributed by atoms with Crippen LogP contribution in [-0.4, -0.2) is 46.8 Å². The maximum atomic E-state index is 11.6. The molecule has 110 valence electrons. The maximum Gasteiger partial charge on any atom is 0.308 e.